The summed E-state index contributed by atoms with van der Waals surface area (Å²) in [6.45, 7) is 5.99. The Balaban J connectivity index is 1.82. The monoisotopic (exact) mass is 362 g/mol. The number of ether oxygens (including phenoxy) is 1. The van der Waals surface area contributed by atoms with E-state index in [1.54, 1.807) is 13.2 Å². The van der Waals surface area contributed by atoms with Gasteiger partial charge in [-0.1, -0.05) is 18.2 Å². The summed E-state index contributed by atoms with van der Waals surface area (Å²) >= 11 is 0. The first kappa shape index (κ1) is 18.4. The number of amides is 1. The number of aryl methyl sites for hydroxylation is 3. The number of methoxy groups -OCH3 is 1. The van der Waals surface area contributed by atoms with E-state index in [0.717, 1.165) is 22.4 Å². The third-order valence-corrected chi connectivity index (χ3v) is 4.16. The summed E-state index contributed by atoms with van der Waals surface area (Å²) in [5.74, 6) is 0.821. The molecule has 0 aliphatic heterocycles. The van der Waals surface area contributed by atoms with Crippen molar-refractivity contribution in [1.82, 2.24) is 9.97 Å². The van der Waals surface area contributed by atoms with Crippen molar-refractivity contribution in [1.29, 1.82) is 0 Å². The largest absolute Gasteiger partial charge is 0.495 e. The predicted octanol–water partition coefficient (Wildman–Crippen LogP) is 4.41. The van der Waals surface area contributed by atoms with Crippen LogP contribution in [0.4, 0.5) is 17.2 Å². The molecule has 6 nitrogen and oxygen atoms in total. The van der Waals surface area contributed by atoms with Gasteiger partial charge in [-0.3, -0.25) is 4.79 Å². The first-order valence-electron chi connectivity index (χ1n) is 8.58. The van der Waals surface area contributed by atoms with Gasteiger partial charge in [0.25, 0.3) is 5.91 Å². The molecule has 0 saturated heterocycles. The van der Waals surface area contributed by atoms with E-state index in [1.807, 2.05) is 51.1 Å². The second-order valence-electron chi connectivity index (χ2n) is 6.39. The fraction of sp³-hybridized carbons (Fsp3) is 0.190. The standard InChI is InChI=1S/C21H22N4O2/c1-13-5-7-15(3)16(9-13)24-20-11-18(22-12-23-20)21(26)25-17-10-14(2)6-8-19(17)27-4/h5-12H,1-4H3,(H,25,26)(H,22,23,24). The lowest BCUT2D eigenvalue weighted by molar-refractivity contribution is 0.102. The van der Waals surface area contributed by atoms with Crippen molar-refractivity contribution >= 4 is 23.1 Å². The lowest BCUT2D eigenvalue weighted by atomic mass is 10.1. The second kappa shape index (κ2) is 7.86. The molecule has 138 valence electrons. The van der Waals surface area contributed by atoms with Gasteiger partial charge in [-0.05, 0) is 55.7 Å². The summed E-state index contributed by atoms with van der Waals surface area (Å²) in [5, 5.41) is 6.10. The summed E-state index contributed by atoms with van der Waals surface area (Å²) in [7, 11) is 1.57. The van der Waals surface area contributed by atoms with E-state index in [4.69, 9.17) is 4.74 Å². The highest BCUT2D eigenvalue weighted by Gasteiger charge is 2.13. The smallest absolute Gasteiger partial charge is 0.274 e. The van der Waals surface area contributed by atoms with E-state index in [-0.39, 0.29) is 11.6 Å². The van der Waals surface area contributed by atoms with E-state index in [9.17, 15) is 4.79 Å². The SMILES string of the molecule is COc1ccc(C)cc1NC(=O)c1cc(Nc2cc(C)ccc2C)ncn1. The number of carbonyl (C=O) groups excluding carboxylic acids is 1. The number of benzene rings is 2. The number of hydrogen-bond acceptors (Lipinski definition) is 5. The number of aromatic nitrogens is 2. The number of anilines is 3. The average molecular weight is 362 g/mol. The summed E-state index contributed by atoms with van der Waals surface area (Å²) in [6.07, 6.45) is 1.37. The molecular weight excluding hydrogens is 340 g/mol. The Morgan fingerprint density at radius 1 is 0.926 bits per heavy atom. The molecule has 1 aromatic heterocycles. The fourth-order valence-corrected chi connectivity index (χ4v) is 2.66. The molecule has 0 fully saturated rings. The molecule has 0 aliphatic carbocycles. The van der Waals surface area contributed by atoms with Crippen LogP contribution in [0.2, 0.25) is 0 Å². The molecule has 2 N–H and O–H groups in total. The lowest BCUT2D eigenvalue weighted by Crippen LogP contribution is -2.15. The van der Waals surface area contributed by atoms with Crippen molar-refractivity contribution < 1.29 is 9.53 Å². The van der Waals surface area contributed by atoms with Crippen LogP contribution in [0.5, 0.6) is 5.75 Å². The van der Waals surface area contributed by atoms with Gasteiger partial charge in [0, 0.05) is 11.8 Å². The van der Waals surface area contributed by atoms with Crippen molar-refractivity contribution in [3.8, 4) is 5.75 Å². The van der Waals surface area contributed by atoms with Gasteiger partial charge in [-0.25, -0.2) is 9.97 Å². The minimum Gasteiger partial charge on any atom is -0.495 e. The molecule has 0 spiro atoms. The molecule has 0 atom stereocenters. The maximum Gasteiger partial charge on any atom is 0.274 e. The lowest BCUT2D eigenvalue weighted by Gasteiger charge is -2.12. The molecule has 3 rings (SSSR count). The van der Waals surface area contributed by atoms with Crippen LogP contribution < -0.4 is 15.4 Å². The maximum absolute atomic E-state index is 12.6. The first-order valence-corrected chi connectivity index (χ1v) is 8.58. The van der Waals surface area contributed by atoms with Crippen LogP contribution in [0.3, 0.4) is 0 Å². The molecule has 0 saturated carbocycles. The Labute approximate surface area is 158 Å². The second-order valence-corrected chi connectivity index (χ2v) is 6.39. The third kappa shape index (κ3) is 4.41. The van der Waals surface area contributed by atoms with Crippen LogP contribution in [-0.4, -0.2) is 23.0 Å². The van der Waals surface area contributed by atoms with E-state index in [2.05, 4.69) is 26.7 Å². The number of carbonyl (C=O) groups is 1. The predicted molar refractivity (Wildman–Crippen MR) is 107 cm³/mol. The Bertz CT molecular complexity index is 986. The van der Waals surface area contributed by atoms with Crippen LogP contribution >= 0.6 is 0 Å². The zero-order valence-corrected chi connectivity index (χ0v) is 15.8. The van der Waals surface area contributed by atoms with Gasteiger partial charge in [0.2, 0.25) is 0 Å². The zero-order chi connectivity index (χ0) is 19.4. The topological polar surface area (TPSA) is 76.1 Å². The van der Waals surface area contributed by atoms with Crippen LogP contribution in [-0.2, 0) is 0 Å². The highest BCUT2D eigenvalue weighted by Crippen LogP contribution is 2.26. The Hall–Kier alpha value is -3.41. The van der Waals surface area contributed by atoms with Crippen molar-refractivity contribution in [2.45, 2.75) is 20.8 Å². The van der Waals surface area contributed by atoms with Gasteiger partial charge in [0.15, 0.2) is 0 Å². The first-order chi connectivity index (χ1) is 13.0. The molecule has 0 bridgehead atoms. The summed E-state index contributed by atoms with van der Waals surface area (Å²) < 4.78 is 5.30. The minimum atomic E-state index is -0.328. The van der Waals surface area contributed by atoms with Crippen molar-refractivity contribution in [2.75, 3.05) is 17.7 Å². The fourth-order valence-electron chi connectivity index (χ4n) is 2.66. The highest BCUT2D eigenvalue weighted by molar-refractivity contribution is 6.04. The van der Waals surface area contributed by atoms with Gasteiger partial charge in [-0.15, -0.1) is 0 Å². The zero-order valence-electron chi connectivity index (χ0n) is 15.8. The number of rotatable bonds is 5. The molecule has 1 heterocycles. The van der Waals surface area contributed by atoms with E-state index < -0.39 is 0 Å². The Morgan fingerprint density at radius 2 is 1.63 bits per heavy atom. The molecule has 0 unspecified atom stereocenters. The third-order valence-electron chi connectivity index (χ3n) is 4.16. The van der Waals surface area contributed by atoms with Crippen molar-refractivity contribution in [3.63, 3.8) is 0 Å². The molecule has 27 heavy (non-hydrogen) atoms. The van der Waals surface area contributed by atoms with E-state index in [1.165, 1.54) is 6.33 Å². The van der Waals surface area contributed by atoms with Crippen LogP contribution in [0.15, 0.2) is 48.8 Å². The number of nitrogens with one attached hydrogen (secondary N) is 2. The van der Waals surface area contributed by atoms with Crippen LogP contribution in [0, 0.1) is 20.8 Å². The molecule has 0 radical (unpaired) electrons. The highest BCUT2D eigenvalue weighted by atomic mass is 16.5. The molecule has 3 aromatic rings. The van der Waals surface area contributed by atoms with Gasteiger partial charge >= 0.3 is 0 Å². The maximum atomic E-state index is 12.6. The number of hydrogen-bond donors (Lipinski definition) is 2. The van der Waals surface area contributed by atoms with Crippen LogP contribution in [0.25, 0.3) is 0 Å². The summed E-state index contributed by atoms with van der Waals surface area (Å²) in [5.41, 5.74) is 5.06. The van der Waals surface area contributed by atoms with Crippen molar-refractivity contribution in [2.24, 2.45) is 0 Å². The molecular formula is C21H22N4O2. The van der Waals surface area contributed by atoms with E-state index in [0.29, 0.717) is 17.3 Å². The average Bonchev–Trinajstić information content (AvgIpc) is 2.65. The number of nitrogens with zero attached hydrogens (tertiary/aromatic N) is 2. The van der Waals surface area contributed by atoms with E-state index >= 15 is 0 Å². The summed E-state index contributed by atoms with van der Waals surface area (Å²) in [4.78, 5) is 20.9. The normalized spacial score (nSPS) is 10.4. The molecule has 6 heteroatoms. The van der Waals surface area contributed by atoms with Crippen molar-refractivity contribution in [3.05, 3.63) is 71.2 Å². The molecule has 2 aromatic carbocycles. The van der Waals surface area contributed by atoms with Gasteiger partial charge in [0.05, 0.1) is 12.8 Å². The minimum absolute atomic E-state index is 0.265. The quantitative estimate of drug-likeness (QED) is 0.703. The van der Waals surface area contributed by atoms with Gasteiger partial charge < -0.3 is 15.4 Å². The Kier molecular flexibility index (Phi) is 5.35. The van der Waals surface area contributed by atoms with Crippen LogP contribution in [0.1, 0.15) is 27.2 Å². The summed E-state index contributed by atoms with van der Waals surface area (Å²) in [6, 6.07) is 13.3. The Morgan fingerprint density at radius 3 is 2.37 bits per heavy atom. The van der Waals surface area contributed by atoms with Gasteiger partial charge in [-0.2, -0.15) is 0 Å². The van der Waals surface area contributed by atoms with Gasteiger partial charge in [0.1, 0.15) is 23.6 Å². The molecule has 1 amide bonds. The molecule has 0 aliphatic rings.